The van der Waals surface area contributed by atoms with Crippen LogP contribution in [0.25, 0.3) is 0 Å². The molecular weight excluding hydrogens is 194 g/mol. The molecule has 0 radical (unpaired) electrons. The van der Waals surface area contributed by atoms with E-state index in [1.54, 1.807) is 43.4 Å². The van der Waals surface area contributed by atoms with E-state index in [0.29, 0.717) is 11.4 Å². The Kier molecular flexibility index (Phi) is 3.93. The first-order valence-corrected chi connectivity index (χ1v) is 4.53. The fraction of sp³-hybridized carbons (Fsp3) is 0.300. The zero-order chi connectivity index (χ0) is 11.3. The smallest absolute Gasteiger partial charge is 0.272 e. The molecule has 0 saturated heterocycles. The molecule has 5 heteroatoms. The highest BCUT2D eigenvalue weighted by Crippen LogP contribution is 2.12. The molecule has 1 rings (SSSR count). The van der Waals surface area contributed by atoms with E-state index in [1.165, 1.54) is 0 Å². The zero-order valence-corrected chi connectivity index (χ0v) is 8.86. The lowest BCUT2D eigenvalue weighted by Gasteiger charge is -2.12. The Morgan fingerprint density at radius 2 is 2.00 bits per heavy atom. The van der Waals surface area contributed by atoms with Crippen LogP contribution in [0.3, 0.4) is 0 Å². The maximum Gasteiger partial charge on any atom is 0.272 e. The number of nitrogen functional groups attached to an aromatic ring is 1. The van der Waals surface area contributed by atoms with Gasteiger partial charge >= 0.3 is 0 Å². The minimum atomic E-state index is -0.197. The van der Waals surface area contributed by atoms with E-state index in [2.05, 4.69) is 5.43 Å². The highest BCUT2D eigenvalue weighted by Gasteiger charge is 2.02. The number of rotatable bonds is 4. The second kappa shape index (κ2) is 5.21. The van der Waals surface area contributed by atoms with E-state index in [4.69, 9.17) is 10.5 Å². The predicted octanol–water partition coefficient (Wildman–Crippen LogP) is 0.240. The van der Waals surface area contributed by atoms with E-state index in [9.17, 15) is 4.79 Å². The molecule has 0 saturated carbocycles. The van der Waals surface area contributed by atoms with Crippen LogP contribution in [0.5, 0.6) is 5.75 Å². The summed E-state index contributed by atoms with van der Waals surface area (Å²) in [6, 6.07) is 6.88. The summed E-state index contributed by atoms with van der Waals surface area (Å²) in [5, 5.41) is 1.56. The lowest BCUT2D eigenvalue weighted by molar-refractivity contribution is -0.126. The summed E-state index contributed by atoms with van der Waals surface area (Å²) in [7, 11) is 3.47. The first-order chi connectivity index (χ1) is 7.08. The molecule has 1 aromatic carbocycles. The van der Waals surface area contributed by atoms with Gasteiger partial charge in [0, 0.05) is 19.8 Å². The molecule has 0 aliphatic rings. The molecule has 0 aliphatic heterocycles. The Labute approximate surface area is 88.8 Å². The van der Waals surface area contributed by atoms with Crippen LogP contribution in [0, 0.1) is 0 Å². The van der Waals surface area contributed by atoms with E-state index < -0.39 is 0 Å². The van der Waals surface area contributed by atoms with Gasteiger partial charge in [-0.3, -0.25) is 10.2 Å². The van der Waals surface area contributed by atoms with Gasteiger partial charge in [0.25, 0.3) is 5.91 Å². The van der Waals surface area contributed by atoms with Gasteiger partial charge in [0.15, 0.2) is 6.61 Å². The number of nitrogens with zero attached hydrogens (tertiary/aromatic N) is 1. The molecule has 0 bridgehead atoms. The molecule has 82 valence electrons. The van der Waals surface area contributed by atoms with Gasteiger partial charge in [-0.15, -0.1) is 0 Å². The minimum Gasteiger partial charge on any atom is -0.484 e. The molecule has 0 heterocycles. The van der Waals surface area contributed by atoms with Crippen molar-refractivity contribution in [1.82, 2.24) is 10.4 Å². The Hall–Kier alpha value is -1.75. The van der Waals surface area contributed by atoms with Crippen LogP contribution in [0.2, 0.25) is 0 Å². The van der Waals surface area contributed by atoms with Crippen molar-refractivity contribution < 1.29 is 9.53 Å². The quantitative estimate of drug-likeness (QED) is 0.550. The van der Waals surface area contributed by atoms with Crippen molar-refractivity contribution in [3.8, 4) is 5.75 Å². The molecule has 1 aromatic rings. The number of hydrazine groups is 1. The molecule has 0 unspecified atom stereocenters. The van der Waals surface area contributed by atoms with Crippen LogP contribution < -0.4 is 15.9 Å². The van der Waals surface area contributed by atoms with Gasteiger partial charge in [0.2, 0.25) is 0 Å². The van der Waals surface area contributed by atoms with Crippen LogP contribution in [-0.4, -0.2) is 31.6 Å². The number of benzene rings is 1. The number of nitrogens with one attached hydrogen (secondary N) is 1. The largest absolute Gasteiger partial charge is 0.484 e. The second-order valence-corrected chi connectivity index (χ2v) is 3.29. The number of carbonyl (C=O) groups is 1. The van der Waals surface area contributed by atoms with Crippen LogP contribution >= 0.6 is 0 Å². The molecule has 0 atom stereocenters. The fourth-order valence-corrected chi connectivity index (χ4v) is 0.995. The number of anilines is 1. The zero-order valence-electron chi connectivity index (χ0n) is 8.86. The fourth-order valence-electron chi connectivity index (χ4n) is 0.995. The number of nitrogens with two attached hydrogens (primary N) is 1. The highest BCUT2D eigenvalue weighted by atomic mass is 16.5. The highest BCUT2D eigenvalue weighted by molar-refractivity contribution is 5.76. The van der Waals surface area contributed by atoms with Crippen LogP contribution in [0.4, 0.5) is 5.69 Å². The van der Waals surface area contributed by atoms with Crippen molar-refractivity contribution in [1.29, 1.82) is 0 Å². The van der Waals surface area contributed by atoms with Gasteiger partial charge in [-0.2, -0.15) is 0 Å². The summed E-state index contributed by atoms with van der Waals surface area (Å²) in [5.74, 6) is 0.426. The average molecular weight is 209 g/mol. The lowest BCUT2D eigenvalue weighted by Crippen LogP contribution is -2.39. The molecule has 15 heavy (non-hydrogen) atoms. The molecule has 1 amide bonds. The van der Waals surface area contributed by atoms with E-state index in [0.717, 1.165) is 0 Å². The summed E-state index contributed by atoms with van der Waals surface area (Å²) in [4.78, 5) is 11.2. The maximum atomic E-state index is 11.2. The van der Waals surface area contributed by atoms with E-state index >= 15 is 0 Å². The third-order valence-corrected chi connectivity index (χ3v) is 1.60. The summed E-state index contributed by atoms with van der Waals surface area (Å²) in [6.07, 6.45) is 0. The third-order valence-electron chi connectivity index (χ3n) is 1.60. The molecule has 0 fully saturated rings. The molecule has 0 aliphatic carbocycles. The van der Waals surface area contributed by atoms with Crippen molar-refractivity contribution in [2.75, 3.05) is 26.4 Å². The van der Waals surface area contributed by atoms with Crippen LogP contribution in [-0.2, 0) is 4.79 Å². The van der Waals surface area contributed by atoms with Gasteiger partial charge in [-0.05, 0) is 24.3 Å². The molecule has 5 nitrogen and oxygen atoms in total. The monoisotopic (exact) mass is 209 g/mol. The SMILES string of the molecule is CN(C)NC(=O)COc1ccc(N)cc1. The van der Waals surface area contributed by atoms with Gasteiger partial charge in [-0.25, -0.2) is 5.01 Å². The normalized spacial score (nSPS) is 10.1. The number of hydrogen-bond acceptors (Lipinski definition) is 4. The van der Waals surface area contributed by atoms with Gasteiger partial charge in [0.05, 0.1) is 0 Å². The summed E-state index contributed by atoms with van der Waals surface area (Å²) >= 11 is 0. The minimum absolute atomic E-state index is 0.0118. The van der Waals surface area contributed by atoms with Gasteiger partial charge in [0.1, 0.15) is 5.75 Å². The van der Waals surface area contributed by atoms with Crippen molar-refractivity contribution >= 4 is 11.6 Å². The number of carbonyl (C=O) groups excluding carboxylic acids is 1. The van der Waals surface area contributed by atoms with Crippen LogP contribution in [0.1, 0.15) is 0 Å². The molecular formula is C10H15N3O2. The van der Waals surface area contributed by atoms with Crippen molar-refractivity contribution in [2.24, 2.45) is 0 Å². The molecule has 3 N–H and O–H groups in total. The summed E-state index contributed by atoms with van der Waals surface area (Å²) in [6.45, 7) is -0.0118. The topological polar surface area (TPSA) is 67.6 Å². The van der Waals surface area contributed by atoms with Crippen molar-refractivity contribution in [3.63, 3.8) is 0 Å². The van der Waals surface area contributed by atoms with Gasteiger partial charge < -0.3 is 10.5 Å². The van der Waals surface area contributed by atoms with Crippen molar-refractivity contribution in [3.05, 3.63) is 24.3 Å². The molecule has 0 spiro atoms. The predicted molar refractivity (Wildman–Crippen MR) is 58.2 cm³/mol. The lowest BCUT2D eigenvalue weighted by atomic mass is 10.3. The number of hydrogen-bond donors (Lipinski definition) is 2. The van der Waals surface area contributed by atoms with Crippen molar-refractivity contribution in [2.45, 2.75) is 0 Å². The van der Waals surface area contributed by atoms with E-state index in [-0.39, 0.29) is 12.5 Å². The second-order valence-electron chi connectivity index (χ2n) is 3.29. The number of amides is 1. The standard InChI is InChI=1S/C10H15N3O2/c1-13(2)12-10(14)7-15-9-5-3-8(11)4-6-9/h3-6H,7,11H2,1-2H3,(H,12,14). The third kappa shape index (κ3) is 4.33. The first-order valence-electron chi connectivity index (χ1n) is 4.53. The number of ether oxygens (including phenoxy) is 1. The average Bonchev–Trinajstić information content (AvgIpc) is 2.16. The Bertz CT molecular complexity index is 322. The Morgan fingerprint density at radius 1 is 1.40 bits per heavy atom. The maximum absolute atomic E-state index is 11.2. The van der Waals surface area contributed by atoms with E-state index in [1.807, 2.05) is 0 Å². The Balaban J connectivity index is 2.37. The molecule has 0 aromatic heterocycles. The first kappa shape index (κ1) is 11.3. The Morgan fingerprint density at radius 3 is 2.53 bits per heavy atom. The summed E-state index contributed by atoms with van der Waals surface area (Å²) < 4.78 is 5.23. The summed E-state index contributed by atoms with van der Waals surface area (Å²) in [5.41, 5.74) is 8.74. The van der Waals surface area contributed by atoms with Gasteiger partial charge in [-0.1, -0.05) is 0 Å². The van der Waals surface area contributed by atoms with Crippen LogP contribution in [0.15, 0.2) is 24.3 Å².